The lowest BCUT2D eigenvalue weighted by Crippen LogP contribution is -2.39. The van der Waals surface area contributed by atoms with E-state index in [4.69, 9.17) is 0 Å². The highest BCUT2D eigenvalue weighted by atomic mass is 32.1. The maximum Gasteiger partial charge on any atom is 0.273 e. The van der Waals surface area contributed by atoms with Crippen molar-refractivity contribution in [1.82, 2.24) is 19.9 Å². The molecule has 1 N–H and O–H groups in total. The second-order valence-corrected chi connectivity index (χ2v) is 8.55. The standard InChI is InChI=1S/C21H25N5O2S/c1-25(12-15-8-4-2-5-9-15)21-24-19-18(29-21)20(28)26(14-22-19)13-17(27)23-16-10-6-3-7-11-16/h2,4-5,8-9,14,16H,3,6-7,10-13H2,1H3,(H,23,27). The van der Waals surface area contributed by atoms with Gasteiger partial charge in [0.1, 0.15) is 17.6 Å². The molecule has 1 aromatic carbocycles. The molecule has 7 nitrogen and oxygen atoms in total. The quantitative estimate of drug-likeness (QED) is 0.675. The van der Waals surface area contributed by atoms with Crippen molar-refractivity contribution < 1.29 is 4.79 Å². The van der Waals surface area contributed by atoms with Gasteiger partial charge in [-0.15, -0.1) is 0 Å². The molecule has 2 aromatic heterocycles. The van der Waals surface area contributed by atoms with Gasteiger partial charge in [0, 0.05) is 19.6 Å². The van der Waals surface area contributed by atoms with Crippen LogP contribution in [-0.4, -0.2) is 33.5 Å². The minimum absolute atomic E-state index is 0.00857. The molecule has 2 heterocycles. The smallest absolute Gasteiger partial charge is 0.273 e. The van der Waals surface area contributed by atoms with Crippen LogP contribution in [0.3, 0.4) is 0 Å². The van der Waals surface area contributed by atoms with Gasteiger partial charge in [0.2, 0.25) is 5.91 Å². The van der Waals surface area contributed by atoms with Crippen LogP contribution in [0, 0.1) is 0 Å². The lowest BCUT2D eigenvalue weighted by Gasteiger charge is -2.22. The summed E-state index contributed by atoms with van der Waals surface area (Å²) < 4.78 is 1.85. The molecule has 1 saturated carbocycles. The van der Waals surface area contributed by atoms with Crippen LogP contribution in [0.2, 0.25) is 0 Å². The minimum atomic E-state index is -0.217. The monoisotopic (exact) mass is 411 g/mol. The van der Waals surface area contributed by atoms with Gasteiger partial charge in [-0.05, 0) is 18.4 Å². The van der Waals surface area contributed by atoms with Crippen molar-refractivity contribution in [1.29, 1.82) is 0 Å². The number of aromatic nitrogens is 3. The first-order valence-corrected chi connectivity index (χ1v) is 10.8. The average Bonchev–Trinajstić information content (AvgIpc) is 3.17. The predicted molar refractivity (Wildman–Crippen MR) is 115 cm³/mol. The van der Waals surface area contributed by atoms with Crippen LogP contribution in [0.25, 0.3) is 10.3 Å². The number of nitrogens with one attached hydrogen (secondary N) is 1. The first kappa shape index (κ1) is 19.6. The van der Waals surface area contributed by atoms with Crippen molar-refractivity contribution in [3.05, 3.63) is 52.6 Å². The lowest BCUT2D eigenvalue weighted by atomic mass is 9.95. The van der Waals surface area contributed by atoms with Crippen LogP contribution >= 0.6 is 11.3 Å². The van der Waals surface area contributed by atoms with Crippen molar-refractivity contribution in [2.45, 2.75) is 51.2 Å². The third-order valence-corrected chi connectivity index (χ3v) is 6.39. The molecule has 3 aromatic rings. The van der Waals surface area contributed by atoms with Gasteiger partial charge in [-0.1, -0.05) is 60.9 Å². The van der Waals surface area contributed by atoms with Gasteiger partial charge >= 0.3 is 0 Å². The molecule has 1 aliphatic carbocycles. The number of benzene rings is 1. The third kappa shape index (κ3) is 4.64. The number of anilines is 1. The number of carbonyl (C=O) groups excluding carboxylic acids is 1. The van der Waals surface area contributed by atoms with Gasteiger partial charge in [0.25, 0.3) is 5.56 Å². The summed E-state index contributed by atoms with van der Waals surface area (Å²) in [5.41, 5.74) is 1.38. The molecule has 1 aliphatic rings. The van der Waals surface area contributed by atoms with Crippen molar-refractivity contribution in [2.75, 3.05) is 11.9 Å². The van der Waals surface area contributed by atoms with E-state index in [-0.39, 0.29) is 24.1 Å². The second kappa shape index (κ2) is 8.73. The van der Waals surface area contributed by atoms with Crippen LogP contribution in [0.4, 0.5) is 5.13 Å². The molecule has 0 radical (unpaired) electrons. The number of nitrogens with zero attached hydrogens (tertiary/aromatic N) is 4. The Morgan fingerprint density at radius 3 is 2.76 bits per heavy atom. The fourth-order valence-corrected chi connectivity index (χ4v) is 4.64. The van der Waals surface area contributed by atoms with Gasteiger partial charge in [0.15, 0.2) is 10.8 Å². The summed E-state index contributed by atoms with van der Waals surface area (Å²) in [6, 6.07) is 10.3. The fraction of sp³-hybridized carbons (Fsp3) is 0.429. The van der Waals surface area contributed by atoms with Gasteiger partial charge in [0.05, 0.1) is 0 Å². The zero-order valence-electron chi connectivity index (χ0n) is 16.5. The predicted octanol–water partition coefficient (Wildman–Crippen LogP) is 2.94. The molecule has 152 valence electrons. The molecule has 0 atom stereocenters. The van der Waals surface area contributed by atoms with E-state index in [9.17, 15) is 9.59 Å². The lowest BCUT2D eigenvalue weighted by molar-refractivity contribution is -0.122. The van der Waals surface area contributed by atoms with Gasteiger partial charge < -0.3 is 10.2 Å². The normalized spacial score (nSPS) is 14.8. The van der Waals surface area contributed by atoms with Crippen LogP contribution < -0.4 is 15.8 Å². The Kier molecular flexibility index (Phi) is 5.89. The molecule has 0 saturated heterocycles. The number of fused-ring (bicyclic) bond motifs is 1. The van der Waals surface area contributed by atoms with Crippen molar-refractivity contribution in [3.8, 4) is 0 Å². The second-order valence-electron chi connectivity index (χ2n) is 7.57. The summed E-state index contributed by atoms with van der Waals surface area (Å²) in [6.45, 7) is 0.685. The van der Waals surface area contributed by atoms with Gasteiger partial charge in [-0.2, -0.15) is 4.98 Å². The van der Waals surface area contributed by atoms with Crippen molar-refractivity contribution in [3.63, 3.8) is 0 Å². The van der Waals surface area contributed by atoms with E-state index in [0.717, 1.165) is 30.8 Å². The Balaban J connectivity index is 1.48. The number of amides is 1. The topological polar surface area (TPSA) is 80.1 Å². The average molecular weight is 412 g/mol. The van der Waals surface area contributed by atoms with E-state index in [1.807, 2.05) is 30.1 Å². The summed E-state index contributed by atoms with van der Waals surface area (Å²) in [5, 5.41) is 3.78. The van der Waals surface area contributed by atoms with E-state index < -0.39 is 0 Å². The minimum Gasteiger partial charge on any atom is -0.352 e. The van der Waals surface area contributed by atoms with Crippen LogP contribution in [0.1, 0.15) is 37.7 Å². The third-order valence-electron chi connectivity index (χ3n) is 5.25. The van der Waals surface area contributed by atoms with E-state index in [1.165, 1.54) is 34.2 Å². The SMILES string of the molecule is CN(Cc1ccccc1)c1nc2ncn(CC(=O)NC3CCCCC3)c(=O)c2s1. The van der Waals surface area contributed by atoms with Crippen LogP contribution in [0.15, 0.2) is 41.5 Å². The van der Waals surface area contributed by atoms with Crippen LogP contribution in [-0.2, 0) is 17.9 Å². The number of rotatable bonds is 6. The highest BCUT2D eigenvalue weighted by molar-refractivity contribution is 7.22. The fourth-order valence-electron chi connectivity index (χ4n) is 3.71. The highest BCUT2D eigenvalue weighted by Gasteiger charge is 2.18. The van der Waals surface area contributed by atoms with E-state index in [2.05, 4.69) is 27.4 Å². The zero-order chi connectivity index (χ0) is 20.2. The Labute approximate surface area is 173 Å². The first-order chi connectivity index (χ1) is 14.1. The van der Waals surface area contributed by atoms with E-state index >= 15 is 0 Å². The molecule has 29 heavy (non-hydrogen) atoms. The Bertz CT molecular complexity index is 1040. The number of thiazole rings is 1. The molecule has 1 amide bonds. The molecule has 0 spiro atoms. The van der Waals surface area contributed by atoms with E-state index in [1.54, 1.807) is 0 Å². The Morgan fingerprint density at radius 1 is 1.24 bits per heavy atom. The number of hydrogen-bond donors (Lipinski definition) is 1. The molecule has 0 unspecified atom stereocenters. The van der Waals surface area contributed by atoms with Crippen LogP contribution in [0.5, 0.6) is 0 Å². The maximum absolute atomic E-state index is 12.8. The zero-order valence-corrected chi connectivity index (χ0v) is 17.3. The summed E-state index contributed by atoms with van der Waals surface area (Å²) in [7, 11) is 1.95. The molecule has 1 fully saturated rings. The molecule has 8 heteroatoms. The molecule has 4 rings (SSSR count). The van der Waals surface area contributed by atoms with Crippen molar-refractivity contribution in [2.24, 2.45) is 0 Å². The first-order valence-electron chi connectivity index (χ1n) is 10.0. The number of hydrogen-bond acceptors (Lipinski definition) is 6. The van der Waals surface area contributed by atoms with Gasteiger partial charge in [-0.3, -0.25) is 14.2 Å². The van der Waals surface area contributed by atoms with Crippen molar-refractivity contribution >= 4 is 32.7 Å². The van der Waals surface area contributed by atoms with E-state index in [0.29, 0.717) is 16.9 Å². The molecule has 0 aliphatic heterocycles. The Morgan fingerprint density at radius 2 is 2.00 bits per heavy atom. The summed E-state index contributed by atoms with van der Waals surface area (Å²) in [6.07, 6.45) is 7.00. The Hall–Kier alpha value is -2.74. The molecular weight excluding hydrogens is 386 g/mol. The molecule has 0 bridgehead atoms. The number of carbonyl (C=O) groups is 1. The maximum atomic E-state index is 12.8. The van der Waals surface area contributed by atoms with Gasteiger partial charge in [-0.25, -0.2) is 4.98 Å². The summed E-state index contributed by atoms with van der Waals surface area (Å²) >= 11 is 1.32. The highest BCUT2D eigenvalue weighted by Crippen LogP contribution is 2.25. The largest absolute Gasteiger partial charge is 0.352 e. The summed E-state index contributed by atoms with van der Waals surface area (Å²) in [4.78, 5) is 36.0. The summed E-state index contributed by atoms with van der Waals surface area (Å²) in [5.74, 6) is -0.133. The molecular formula is C21H25N5O2S.